The first-order valence-corrected chi connectivity index (χ1v) is 7.22. The van der Waals surface area contributed by atoms with E-state index in [0.717, 1.165) is 12.8 Å². The molecular formula is C16H23NO4. The topological polar surface area (TPSA) is 55.8 Å². The molecular weight excluding hydrogens is 270 g/mol. The summed E-state index contributed by atoms with van der Waals surface area (Å²) in [6.45, 7) is 4.63. The fraction of sp³-hybridized carbons (Fsp3) is 0.500. The lowest BCUT2D eigenvalue weighted by Crippen LogP contribution is -2.31. The summed E-state index contributed by atoms with van der Waals surface area (Å²) >= 11 is 0. The number of hydrogen-bond acceptors (Lipinski definition) is 4. The SMILES string of the molecule is CCCc1ccc(C(=O)OCCN(C)C(=O)OCC)cc1. The van der Waals surface area contributed by atoms with Crippen LogP contribution in [-0.4, -0.2) is 43.8 Å². The second kappa shape index (κ2) is 9.00. The van der Waals surface area contributed by atoms with Crippen molar-refractivity contribution < 1.29 is 19.1 Å². The number of esters is 1. The Labute approximate surface area is 125 Å². The molecule has 0 aliphatic carbocycles. The predicted molar refractivity (Wildman–Crippen MR) is 80.4 cm³/mol. The van der Waals surface area contributed by atoms with E-state index in [4.69, 9.17) is 9.47 Å². The largest absolute Gasteiger partial charge is 0.460 e. The van der Waals surface area contributed by atoms with Crippen molar-refractivity contribution in [3.63, 3.8) is 0 Å². The first-order chi connectivity index (χ1) is 10.1. The summed E-state index contributed by atoms with van der Waals surface area (Å²) in [7, 11) is 1.60. The van der Waals surface area contributed by atoms with Crippen molar-refractivity contribution in [3.8, 4) is 0 Å². The smallest absolute Gasteiger partial charge is 0.409 e. The fourth-order valence-electron chi connectivity index (χ4n) is 1.78. The van der Waals surface area contributed by atoms with Crippen LogP contribution in [0.25, 0.3) is 0 Å². The Bertz CT molecular complexity index is 456. The van der Waals surface area contributed by atoms with Crippen molar-refractivity contribution in [2.75, 3.05) is 26.8 Å². The molecule has 0 atom stereocenters. The molecule has 0 fully saturated rings. The zero-order valence-electron chi connectivity index (χ0n) is 12.9. The van der Waals surface area contributed by atoms with Gasteiger partial charge in [-0.25, -0.2) is 9.59 Å². The average Bonchev–Trinajstić information content (AvgIpc) is 2.48. The van der Waals surface area contributed by atoms with E-state index in [-0.39, 0.29) is 12.6 Å². The molecule has 116 valence electrons. The van der Waals surface area contributed by atoms with Crippen molar-refractivity contribution >= 4 is 12.1 Å². The van der Waals surface area contributed by atoms with E-state index in [1.807, 2.05) is 12.1 Å². The summed E-state index contributed by atoms with van der Waals surface area (Å²) in [6.07, 6.45) is 1.65. The maximum absolute atomic E-state index is 11.8. The molecule has 0 saturated heterocycles. The number of nitrogens with zero attached hydrogens (tertiary/aromatic N) is 1. The fourth-order valence-corrected chi connectivity index (χ4v) is 1.78. The number of aryl methyl sites for hydroxylation is 1. The molecule has 0 radical (unpaired) electrons. The Morgan fingerprint density at radius 1 is 1.10 bits per heavy atom. The summed E-state index contributed by atoms with van der Waals surface area (Å²) in [4.78, 5) is 24.6. The van der Waals surface area contributed by atoms with Crippen LogP contribution in [-0.2, 0) is 15.9 Å². The zero-order chi connectivity index (χ0) is 15.7. The van der Waals surface area contributed by atoms with E-state index in [0.29, 0.717) is 18.7 Å². The van der Waals surface area contributed by atoms with Gasteiger partial charge < -0.3 is 14.4 Å². The van der Waals surface area contributed by atoms with Gasteiger partial charge in [-0.2, -0.15) is 0 Å². The second-order valence-corrected chi connectivity index (χ2v) is 4.70. The van der Waals surface area contributed by atoms with Gasteiger partial charge in [-0.15, -0.1) is 0 Å². The minimum atomic E-state index is -0.419. The highest BCUT2D eigenvalue weighted by Crippen LogP contribution is 2.08. The minimum Gasteiger partial charge on any atom is -0.460 e. The standard InChI is InChI=1S/C16H23NO4/c1-4-6-13-7-9-14(10-8-13)15(18)21-12-11-17(3)16(19)20-5-2/h7-10H,4-6,11-12H2,1-3H3. The van der Waals surface area contributed by atoms with E-state index in [1.54, 1.807) is 26.1 Å². The molecule has 0 spiro atoms. The lowest BCUT2D eigenvalue weighted by atomic mass is 10.1. The minimum absolute atomic E-state index is 0.144. The Balaban J connectivity index is 2.38. The third-order valence-electron chi connectivity index (χ3n) is 2.97. The highest BCUT2D eigenvalue weighted by Gasteiger charge is 2.11. The van der Waals surface area contributed by atoms with Gasteiger partial charge in [0, 0.05) is 7.05 Å². The normalized spacial score (nSPS) is 10.0. The average molecular weight is 293 g/mol. The van der Waals surface area contributed by atoms with Crippen LogP contribution in [0.4, 0.5) is 4.79 Å². The molecule has 0 aliphatic heterocycles. The molecule has 21 heavy (non-hydrogen) atoms. The van der Waals surface area contributed by atoms with Gasteiger partial charge in [0.25, 0.3) is 0 Å². The summed E-state index contributed by atoms with van der Waals surface area (Å²) < 4.78 is 9.97. The number of likely N-dealkylation sites (N-methyl/N-ethyl adjacent to an activating group) is 1. The first-order valence-electron chi connectivity index (χ1n) is 7.22. The summed E-state index contributed by atoms with van der Waals surface area (Å²) in [5, 5.41) is 0. The molecule has 1 amide bonds. The lowest BCUT2D eigenvalue weighted by Gasteiger charge is -2.16. The molecule has 0 heterocycles. The van der Waals surface area contributed by atoms with Gasteiger partial charge >= 0.3 is 12.1 Å². The Morgan fingerprint density at radius 2 is 1.76 bits per heavy atom. The van der Waals surface area contributed by atoms with Crippen molar-refractivity contribution in [1.82, 2.24) is 4.90 Å². The molecule has 1 aromatic carbocycles. The summed E-state index contributed by atoms with van der Waals surface area (Å²) in [6, 6.07) is 7.40. The first kappa shape index (κ1) is 17.0. The van der Waals surface area contributed by atoms with Crippen LogP contribution < -0.4 is 0 Å². The number of carbonyl (C=O) groups is 2. The molecule has 0 aliphatic rings. The molecule has 0 aromatic heterocycles. The van der Waals surface area contributed by atoms with Crippen molar-refractivity contribution in [2.45, 2.75) is 26.7 Å². The van der Waals surface area contributed by atoms with E-state index >= 15 is 0 Å². The van der Waals surface area contributed by atoms with Crippen LogP contribution in [0.5, 0.6) is 0 Å². The number of rotatable bonds is 7. The Kier molecular flexibility index (Phi) is 7.29. The third kappa shape index (κ3) is 5.85. The van der Waals surface area contributed by atoms with Crippen LogP contribution in [0.2, 0.25) is 0 Å². The Morgan fingerprint density at radius 3 is 2.33 bits per heavy atom. The van der Waals surface area contributed by atoms with E-state index in [9.17, 15) is 9.59 Å². The van der Waals surface area contributed by atoms with Crippen LogP contribution >= 0.6 is 0 Å². The number of amides is 1. The number of benzene rings is 1. The van der Waals surface area contributed by atoms with Crippen molar-refractivity contribution in [2.24, 2.45) is 0 Å². The monoisotopic (exact) mass is 293 g/mol. The van der Waals surface area contributed by atoms with Crippen LogP contribution in [0.15, 0.2) is 24.3 Å². The van der Waals surface area contributed by atoms with Gasteiger partial charge in [-0.1, -0.05) is 25.5 Å². The van der Waals surface area contributed by atoms with Crippen molar-refractivity contribution in [1.29, 1.82) is 0 Å². The van der Waals surface area contributed by atoms with Crippen molar-refractivity contribution in [3.05, 3.63) is 35.4 Å². The molecule has 0 saturated carbocycles. The number of hydrogen-bond donors (Lipinski definition) is 0. The highest BCUT2D eigenvalue weighted by molar-refractivity contribution is 5.89. The predicted octanol–water partition coefficient (Wildman–Crippen LogP) is 2.88. The quantitative estimate of drug-likeness (QED) is 0.725. The molecule has 1 rings (SSSR count). The molecule has 0 unspecified atom stereocenters. The zero-order valence-corrected chi connectivity index (χ0v) is 12.9. The molecule has 1 aromatic rings. The molecule has 0 N–H and O–H groups in total. The number of carbonyl (C=O) groups excluding carboxylic acids is 2. The second-order valence-electron chi connectivity index (χ2n) is 4.70. The van der Waals surface area contributed by atoms with Crippen LogP contribution in [0.1, 0.15) is 36.2 Å². The molecule has 0 bridgehead atoms. The van der Waals surface area contributed by atoms with Gasteiger partial charge in [-0.05, 0) is 31.0 Å². The van der Waals surface area contributed by atoms with Gasteiger partial charge in [0.15, 0.2) is 0 Å². The van der Waals surface area contributed by atoms with E-state index < -0.39 is 6.09 Å². The summed E-state index contributed by atoms with van der Waals surface area (Å²) in [5.41, 5.74) is 1.73. The van der Waals surface area contributed by atoms with Gasteiger partial charge in [0.05, 0.1) is 18.7 Å². The van der Waals surface area contributed by atoms with Crippen LogP contribution in [0, 0.1) is 0 Å². The van der Waals surface area contributed by atoms with Gasteiger partial charge in [-0.3, -0.25) is 0 Å². The van der Waals surface area contributed by atoms with Gasteiger partial charge in [0.1, 0.15) is 6.61 Å². The molecule has 5 heteroatoms. The molecule has 5 nitrogen and oxygen atoms in total. The summed E-state index contributed by atoms with van der Waals surface area (Å²) in [5.74, 6) is -0.379. The highest BCUT2D eigenvalue weighted by atomic mass is 16.6. The Hall–Kier alpha value is -2.04. The maximum Gasteiger partial charge on any atom is 0.409 e. The lowest BCUT2D eigenvalue weighted by molar-refractivity contribution is 0.0457. The van der Waals surface area contributed by atoms with E-state index in [1.165, 1.54) is 10.5 Å². The number of ether oxygens (including phenoxy) is 2. The van der Waals surface area contributed by atoms with E-state index in [2.05, 4.69) is 6.92 Å². The van der Waals surface area contributed by atoms with Crippen LogP contribution in [0.3, 0.4) is 0 Å². The maximum atomic E-state index is 11.8. The van der Waals surface area contributed by atoms with Gasteiger partial charge in [0.2, 0.25) is 0 Å². The third-order valence-corrected chi connectivity index (χ3v) is 2.97.